The Morgan fingerprint density at radius 1 is 0.347 bits per heavy atom. The average molecular weight is 2040 g/mol. The third-order valence-corrected chi connectivity index (χ3v) is 27.5. The fraction of sp³-hybridized carbons (Fsp3) is 0.776. The van der Waals surface area contributed by atoms with E-state index in [1.165, 1.54) is 60.3 Å². The molecule has 6 fully saturated rings. The van der Waals surface area contributed by atoms with Gasteiger partial charge in [0.05, 0.1) is 80.3 Å². The summed E-state index contributed by atoms with van der Waals surface area (Å²) < 4.78 is 153. The lowest BCUT2D eigenvalue weighted by atomic mass is 9.71. The van der Waals surface area contributed by atoms with Gasteiger partial charge in [-0.25, -0.2) is 0 Å². The first-order valence-electron chi connectivity index (χ1n) is 49.5. The predicted octanol–water partition coefficient (Wildman–Crippen LogP) is 6.90. The van der Waals surface area contributed by atoms with Crippen LogP contribution in [-0.4, -0.2) is 321 Å². The third kappa shape index (κ3) is 30.1. The summed E-state index contributed by atoms with van der Waals surface area (Å²) in [7, 11) is 0. The van der Waals surface area contributed by atoms with Crippen LogP contribution in [0.4, 0.5) is 0 Å². The standard InChI is InChI=1S/C98H146N8O38/c1-27-68-35-75(86(133-64(23)117)90(134-65(24)118)85(68)132-63(22)116)106(55(14)108)74-37-78(128-59(18)112)96(127-53(74)12)143-88-77(29-3)138-98(92(136-67(26)120)91(88)135-66(25)119)144-87-76(28-2)137-94(50(9)82(87)129-60(19)113)124-41-70-38-103(101-99-70)32-30-31-33-104-39-71(100-102-104)42-125-97-84(131-62(21)115)49(8)81(79(140-97)43-122-57(16)110)141-95-51(10)83(130-61(20)114)89(80(139-95)44-123-58(17)111)142-93-45(4)34-73(52(11)126-93)105(54(13)107)72-36-69(40-121-56(15)109)47(6)46(5)48(72)7/h35-36,38-39,45-53,72-98H,27-34,37,40-44H2,1-26H3/t45?,46-,47-,48+,49-,50+,51?,52?,53?,72+,73-,74+,75-,76?,77?,78+,79?,80?,81-,82?,83+,84?,85-,86+,87-,88-,89+,90+,91?,92+,93+,94-,95+,96-,97+,98-/m0/s1. The normalized spacial score (nSPS) is 34.8. The molecular formula is C98H146N8O38. The molecule has 2 amide bonds. The van der Waals surface area contributed by atoms with E-state index in [1.807, 2.05) is 24.8 Å². The molecule has 2 aromatic heterocycles. The summed E-state index contributed by atoms with van der Waals surface area (Å²) in [6, 6.07) is -3.01. The van der Waals surface area contributed by atoms with Crippen molar-refractivity contribution >= 4 is 83.4 Å². The van der Waals surface area contributed by atoms with Crippen molar-refractivity contribution in [2.24, 2.45) is 41.4 Å². The molecule has 0 N–H and O–H groups in total. The van der Waals surface area contributed by atoms with Gasteiger partial charge >= 0.3 is 71.6 Å². The van der Waals surface area contributed by atoms with Gasteiger partial charge in [0.1, 0.15) is 73.9 Å². The molecule has 46 heteroatoms. The maximum Gasteiger partial charge on any atom is 0.303 e. The van der Waals surface area contributed by atoms with Gasteiger partial charge in [0.25, 0.3) is 0 Å². The number of ether oxygens (including phenoxy) is 24. The van der Waals surface area contributed by atoms with E-state index in [-0.39, 0.29) is 81.8 Å². The van der Waals surface area contributed by atoms with Gasteiger partial charge in [0, 0.05) is 140 Å². The van der Waals surface area contributed by atoms with E-state index >= 15 is 0 Å². The van der Waals surface area contributed by atoms with Gasteiger partial charge in [-0.15, -0.1) is 10.2 Å². The highest BCUT2D eigenvalue weighted by molar-refractivity contribution is 5.76. The van der Waals surface area contributed by atoms with Crippen LogP contribution in [0.5, 0.6) is 0 Å². The highest BCUT2D eigenvalue weighted by Gasteiger charge is 2.61. The largest absolute Gasteiger partial charge is 0.463 e. The first kappa shape index (κ1) is 116. The fourth-order valence-electron chi connectivity index (χ4n) is 20.4. The zero-order valence-corrected chi connectivity index (χ0v) is 87.1. The molecule has 2 aromatic rings. The number of nitrogens with zero attached hydrogens (tertiary/aromatic N) is 8. The van der Waals surface area contributed by atoms with Crippen LogP contribution >= 0.6 is 0 Å². The molecule has 0 saturated carbocycles. The highest BCUT2D eigenvalue weighted by atomic mass is 16.8. The Bertz CT molecular complexity index is 4810. The Hall–Kier alpha value is -10.1. The van der Waals surface area contributed by atoms with Gasteiger partial charge in [-0.3, -0.25) is 76.5 Å². The van der Waals surface area contributed by atoms with Crippen LogP contribution in [-0.2, 0) is 207 Å². The first-order chi connectivity index (χ1) is 68.0. The van der Waals surface area contributed by atoms with Gasteiger partial charge in [0.2, 0.25) is 11.8 Å². The van der Waals surface area contributed by atoms with E-state index < -0.39 is 280 Å². The van der Waals surface area contributed by atoms with Crippen molar-refractivity contribution in [2.75, 3.05) is 19.8 Å². The summed E-state index contributed by atoms with van der Waals surface area (Å²) >= 11 is 0. The minimum atomic E-state index is -1.63. The van der Waals surface area contributed by atoms with E-state index in [1.54, 1.807) is 76.3 Å². The quantitative estimate of drug-likeness (QED) is 0.0282. The zero-order chi connectivity index (χ0) is 106. The van der Waals surface area contributed by atoms with Gasteiger partial charge < -0.3 is 123 Å². The SMILES string of the molecule is CCC1=C[C@H](N(C(C)=O)[C@@H]2C[C@@H](OC(C)=O)[C@H](O[C@H]3C(CC)O[C@@H](O[C@H]4C(CC)O[C@H](OCc5cn(CCCCn6cc(CO[C@@H]7OC(COC(C)=O)[C@@H](O[C@H]8OC(COC(C)=O)[C@@H](O[C@H]9OC(C)[C@@H](N(C(C)=O)[C@@H]%10C=C(COC(C)=O)[C@@H](C)[C@H](C)[C@H]%10C)CC9C)[C@H](OC(C)=O)C8C)[C@H](C)C7OC(C)=O)nn6)nn5)[C@H](C)C4OC(C)=O)[C@H](OC(C)=O)C3OC(C)=O)OC2C)[C@@H](OC(C)=O)[C@H](OC(C)=O)[C@H]1OC(C)=O. The smallest absolute Gasteiger partial charge is 0.303 e. The lowest BCUT2D eigenvalue weighted by Crippen LogP contribution is -2.67. The lowest BCUT2D eigenvalue weighted by Gasteiger charge is -2.51. The van der Waals surface area contributed by atoms with Crippen molar-refractivity contribution < 1.29 is 181 Å². The number of aromatic nitrogens is 6. The zero-order valence-electron chi connectivity index (χ0n) is 87.1. The molecule has 11 unspecified atom stereocenters. The number of unbranched alkanes of at least 4 members (excludes halogenated alkanes) is 1. The molecule has 0 spiro atoms. The summed E-state index contributed by atoms with van der Waals surface area (Å²) in [5, 5.41) is 17.4. The number of carbonyl (C=O) groups is 14. The molecule has 8 aliphatic rings. The number of esters is 12. The summed E-state index contributed by atoms with van der Waals surface area (Å²) in [5.74, 6) is -12.0. The molecular weight excluding hydrogens is 1900 g/mol. The summed E-state index contributed by atoms with van der Waals surface area (Å²) in [5.41, 5.74) is 2.14. The molecule has 8 heterocycles. The molecule has 6 aliphatic heterocycles. The summed E-state index contributed by atoms with van der Waals surface area (Å²) in [6.07, 6.45) is -21.7. The van der Waals surface area contributed by atoms with Crippen molar-refractivity contribution in [1.82, 2.24) is 39.8 Å². The second-order valence-corrected chi connectivity index (χ2v) is 38.5. The molecule has 46 nitrogen and oxygen atoms in total. The Morgan fingerprint density at radius 2 is 0.750 bits per heavy atom. The van der Waals surface area contributed by atoms with Crippen LogP contribution < -0.4 is 0 Å². The molecule has 10 rings (SSSR count). The molecule has 36 atom stereocenters. The van der Waals surface area contributed by atoms with Crippen molar-refractivity contribution in [1.29, 1.82) is 0 Å². The topological polar surface area (TPSA) is 528 Å². The average Bonchev–Trinajstić information content (AvgIpc) is 1.01. The maximum absolute atomic E-state index is 14.2. The van der Waals surface area contributed by atoms with Crippen LogP contribution in [0.1, 0.15) is 236 Å². The molecule has 0 bridgehead atoms. The summed E-state index contributed by atoms with van der Waals surface area (Å²) in [4.78, 5) is 186. The Morgan fingerprint density at radius 3 is 1.26 bits per heavy atom. The highest BCUT2D eigenvalue weighted by Crippen LogP contribution is 2.47. The number of hydrogen-bond acceptors (Lipinski definition) is 42. The van der Waals surface area contributed by atoms with Crippen LogP contribution in [0, 0.1) is 41.4 Å². The molecule has 144 heavy (non-hydrogen) atoms. The predicted molar refractivity (Wildman–Crippen MR) is 492 cm³/mol. The van der Waals surface area contributed by atoms with Gasteiger partial charge in [0.15, 0.2) is 80.5 Å². The van der Waals surface area contributed by atoms with E-state index in [0.717, 1.165) is 47.1 Å². The fourth-order valence-corrected chi connectivity index (χ4v) is 20.4. The Balaban J connectivity index is 0.757. The van der Waals surface area contributed by atoms with Gasteiger partial charge in [-0.2, -0.15) is 0 Å². The van der Waals surface area contributed by atoms with Gasteiger partial charge in [-0.05, 0) is 81.3 Å². The maximum atomic E-state index is 14.2. The number of carbonyl (C=O) groups excluding carboxylic acids is 14. The minimum absolute atomic E-state index is 0.0216. The number of aryl methyl sites for hydroxylation is 2. The molecule has 6 saturated heterocycles. The first-order valence-corrected chi connectivity index (χ1v) is 49.5. The van der Waals surface area contributed by atoms with E-state index in [2.05, 4.69) is 41.4 Å². The van der Waals surface area contributed by atoms with Crippen molar-refractivity contribution in [3.8, 4) is 0 Å². The van der Waals surface area contributed by atoms with Crippen LogP contribution in [0.15, 0.2) is 35.7 Å². The Labute approximate surface area is 837 Å². The van der Waals surface area contributed by atoms with Gasteiger partial charge in [-0.1, -0.05) is 91.8 Å². The molecule has 806 valence electrons. The van der Waals surface area contributed by atoms with Crippen LogP contribution in [0.3, 0.4) is 0 Å². The minimum Gasteiger partial charge on any atom is -0.463 e. The second kappa shape index (κ2) is 52.5. The number of amides is 2. The summed E-state index contributed by atoms with van der Waals surface area (Å²) in [6.45, 7) is 39.0. The third-order valence-electron chi connectivity index (χ3n) is 27.5. The second-order valence-electron chi connectivity index (χ2n) is 38.5. The molecule has 0 aromatic carbocycles. The van der Waals surface area contributed by atoms with E-state index in [9.17, 15) is 67.1 Å². The van der Waals surface area contributed by atoms with E-state index in [0.29, 0.717) is 49.3 Å². The number of hydrogen-bond donors (Lipinski definition) is 0. The number of rotatable bonds is 41. The van der Waals surface area contributed by atoms with Crippen molar-refractivity contribution in [3.05, 3.63) is 47.1 Å². The monoisotopic (exact) mass is 2040 g/mol. The van der Waals surface area contributed by atoms with Crippen LogP contribution in [0.25, 0.3) is 0 Å². The van der Waals surface area contributed by atoms with Crippen LogP contribution in [0.2, 0.25) is 0 Å². The Kier molecular flexibility index (Phi) is 42.2. The molecule has 0 radical (unpaired) electrons. The lowest BCUT2D eigenvalue weighted by molar-refractivity contribution is -0.368. The molecule has 2 aliphatic carbocycles. The van der Waals surface area contributed by atoms with Crippen molar-refractivity contribution in [3.63, 3.8) is 0 Å². The van der Waals surface area contributed by atoms with Crippen molar-refractivity contribution in [2.45, 2.75) is 429 Å². The van der Waals surface area contributed by atoms with E-state index in [4.69, 9.17) is 114 Å².